The molecule has 0 aliphatic heterocycles. The van der Waals surface area contributed by atoms with Gasteiger partial charge in [-0.2, -0.15) is 0 Å². The highest BCUT2D eigenvalue weighted by molar-refractivity contribution is 7.90. The van der Waals surface area contributed by atoms with Crippen molar-refractivity contribution < 1.29 is 17.9 Å². The second-order valence-corrected chi connectivity index (χ2v) is 7.44. The van der Waals surface area contributed by atoms with Crippen LogP contribution in [0.2, 0.25) is 0 Å². The molecule has 0 saturated carbocycles. The lowest BCUT2D eigenvalue weighted by molar-refractivity contribution is 0.0984. The maximum Gasteiger partial charge on any atom is 0.276 e. The summed E-state index contributed by atoms with van der Waals surface area (Å²) in [5.41, 5.74) is 3.38. The van der Waals surface area contributed by atoms with Crippen LogP contribution in [0, 0.1) is 13.8 Å². The highest BCUT2D eigenvalue weighted by Crippen LogP contribution is 2.27. The van der Waals surface area contributed by atoms with Gasteiger partial charge in [0, 0.05) is 0 Å². The fraction of sp³-hybridized carbons (Fsp3) is 0.333. The molecule has 23 heavy (non-hydrogen) atoms. The highest BCUT2D eigenvalue weighted by atomic mass is 32.2. The largest absolute Gasteiger partial charge is 0.496 e. The number of rotatable bonds is 5. The zero-order valence-corrected chi connectivity index (χ0v) is 15.0. The molecule has 1 aromatic heterocycles. The number of hydrogen-bond acceptors (Lipinski definition) is 6. The normalized spacial score (nSPS) is 11.3. The first kappa shape index (κ1) is 17.4. The molecule has 2 rings (SSSR count). The summed E-state index contributed by atoms with van der Waals surface area (Å²) in [6, 6.07) is 3.01. The van der Waals surface area contributed by atoms with E-state index in [0.717, 1.165) is 16.9 Å². The molecule has 0 atom stereocenters. The Morgan fingerprint density at radius 1 is 1.30 bits per heavy atom. The molecule has 1 N–H and O–H groups in total. The third kappa shape index (κ3) is 3.37. The van der Waals surface area contributed by atoms with Crippen molar-refractivity contribution in [2.45, 2.75) is 32.1 Å². The Kier molecular flexibility index (Phi) is 5.06. The first-order valence-corrected chi connectivity index (χ1v) is 9.31. The average Bonchev–Trinajstić information content (AvgIpc) is 2.98. The predicted molar refractivity (Wildman–Crippen MR) is 88.6 cm³/mol. The topological polar surface area (TPSA) is 85.4 Å². The average molecular weight is 354 g/mol. The number of sulfonamides is 1. The SMILES string of the molecule is CCc1ncsc1C(=O)NS(=O)(=O)c1ccc(OC)c(C)c1C. The van der Waals surface area contributed by atoms with Gasteiger partial charge in [-0.25, -0.2) is 18.1 Å². The van der Waals surface area contributed by atoms with Gasteiger partial charge in [-0.05, 0) is 43.5 Å². The summed E-state index contributed by atoms with van der Waals surface area (Å²) in [6.45, 7) is 5.31. The number of carbonyl (C=O) groups excluding carboxylic acids is 1. The summed E-state index contributed by atoms with van der Waals surface area (Å²) in [5.74, 6) is -0.0549. The van der Waals surface area contributed by atoms with Gasteiger partial charge in [0.25, 0.3) is 15.9 Å². The first-order chi connectivity index (χ1) is 10.8. The minimum atomic E-state index is -3.96. The second kappa shape index (κ2) is 6.67. The van der Waals surface area contributed by atoms with Crippen molar-refractivity contribution in [1.82, 2.24) is 9.71 Å². The van der Waals surface area contributed by atoms with E-state index in [2.05, 4.69) is 9.71 Å². The van der Waals surface area contributed by atoms with Gasteiger partial charge >= 0.3 is 0 Å². The number of nitrogens with zero attached hydrogens (tertiary/aromatic N) is 1. The van der Waals surface area contributed by atoms with E-state index < -0.39 is 15.9 Å². The van der Waals surface area contributed by atoms with Crippen molar-refractivity contribution in [1.29, 1.82) is 0 Å². The Bertz CT molecular complexity index is 841. The molecule has 0 radical (unpaired) electrons. The maximum absolute atomic E-state index is 12.5. The number of amides is 1. The van der Waals surface area contributed by atoms with Crippen molar-refractivity contribution in [3.63, 3.8) is 0 Å². The van der Waals surface area contributed by atoms with Crippen molar-refractivity contribution in [3.8, 4) is 5.75 Å². The van der Waals surface area contributed by atoms with E-state index in [1.165, 1.54) is 18.7 Å². The number of hydrogen-bond donors (Lipinski definition) is 1. The van der Waals surface area contributed by atoms with Crippen molar-refractivity contribution in [2.75, 3.05) is 7.11 Å². The van der Waals surface area contributed by atoms with Crippen LogP contribution in [0.25, 0.3) is 0 Å². The molecule has 124 valence electrons. The van der Waals surface area contributed by atoms with Gasteiger partial charge in [-0.15, -0.1) is 11.3 Å². The van der Waals surface area contributed by atoms with Crippen LogP contribution < -0.4 is 9.46 Å². The zero-order valence-electron chi connectivity index (χ0n) is 13.3. The number of benzene rings is 1. The van der Waals surface area contributed by atoms with Crippen molar-refractivity contribution >= 4 is 27.3 Å². The lowest BCUT2D eigenvalue weighted by atomic mass is 10.1. The van der Waals surface area contributed by atoms with Crippen LogP contribution in [0.3, 0.4) is 0 Å². The van der Waals surface area contributed by atoms with E-state index in [1.54, 1.807) is 19.9 Å². The van der Waals surface area contributed by atoms with E-state index in [0.29, 0.717) is 28.3 Å². The highest BCUT2D eigenvalue weighted by Gasteiger charge is 2.24. The van der Waals surface area contributed by atoms with Gasteiger partial charge in [0.2, 0.25) is 0 Å². The summed E-state index contributed by atoms with van der Waals surface area (Å²) in [5, 5.41) is 0. The van der Waals surface area contributed by atoms with Crippen LogP contribution in [0.15, 0.2) is 22.5 Å². The van der Waals surface area contributed by atoms with Gasteiger partial charge in [0.05, 0.1) is 23.2 Å². The number of aryl methyl sites for hydroxylation is 1. The van der Waals surface area contributed by atoms with Crippen LogP contribution in [0.5, 0.6) is 5.75 Å². The van der Waals surface area contributed by atoms with E-state index in [-0.39, 0.29) is 4.90 Å². The van der Waals surface area contributed by atoms with Crippen LogP contribution in [-0.4, -0.2) is 26.4 Å². The van der Waals surface area contributed by atoms with E-state index in [4.69, 9.17) is 4.74 Å². The summed E-state index contributed by atoms with van der Waals surface area (Å²) in [6.07, 6.45) is 0.562. The predicted octanol–water partition coefficient (Wildman–Crippen LogP) is 2.45. The smallest absolute Gasteiger partial charge is 0.276 e. The minimum absolute atomic E-state index is 0.0618. The van der Waals surface area contributed by atoms with Crippen LogP contribution in [0.1, 0.15) is 33.4 Å². The maximum atomic E-state index is 12.5. The lowest BCUT2D eigenvalue weighted by Crippen LogP contribution is -2.31. The fourth-order valence-corrected chi connectivity index (χ4v) is 4.31. The van der Waals surface area contributed by atoms with E-state index in [9.17, 15) is 13.2 Å². The summed E-state index contributed by atoms with van der Waals surface area (Å²) >= 11 is 1.12. The molecule has 1 amide bonds. The molecule has 1 aromatic carbocycles. The second-order valence-electron chi connectivity index (χ2n) is 4.93. The van der Waals surface area contributed by atoms with Crippen LogP contribution >= 0.6 is 11.3 Å². The zero-order chi connectivity index (χ0) is 17.2. The van der Waals surface area contributed by atoms with E-state index >= 15 is 0 Å². The molecule has 8 heteroatoms. The van der Waals surface area contributed by atoms with Gasteiger partial charge in [0.15, 0.2) is 0 Å². The summed E-state index contributed by atoms with van der Waals surface area (Å²) < 4.78 is 32.3. The Morgan fingerprint density at radius 3 is 2.61 bits per heavy atom. The molecule has 0 bridgehead atoms. The van der Waals surface area contributed by atoms with Gasteiger partial charge < -0.3 is 4.74 Å². The molecular formula is C15H18N2O4S2. The lowest BCUT2D eigenvalue weighted by Gasteiger charge is -2.13. The molecule has 0 spiro atoms. The number of carbonyl (C=O) groups is 1. The Balaban J connectivity index is 2.36. The molecule has 2 aromatic rings. The number of ether oxygens (including phenoxy) is 1. The van der Waals surface area contributed by atoms with Crippen LogP contribution in [-0.2, 0) is 16.4 Å². The van der Waals surface area contributed by atoms with Gasteiger partial charge in [0.1, 0.15) is 10.6 Å². The Morgan fingerprint density at radius 2 is 2.00 bits per heavy atom. The standard InChI is InChI=1S/C15H18N2O4S2/c1-5-11-14(22-8-16-11)15(18)17-23(19,20)13-7-6-12(21-4)9(2)10(13)3/h6-8H,5H2,1-4H3,(H,17,18). The fourth-order valence-electron chi connectivity index (χ4n) is 2.21. The molecule has 0 fully saturated rings. The summed E-state index contributed by atoms with van der Waals surface area (Å²) in [7, 11) is -2.44. The number of nitrogens with one attached hydrogen (secondary N) is 1. The Hall–Kier alpha value is -1.93. The third-order valence-corrected chi connectivity index (χ3v) is 5.95. The van der Waals surface area contributed by atoms with Crippen molar-refractivity contribution in [3.05, 3.63) is 39.3 Å². The quantitative estimate of drug-likeness (QED) is 0.891. The summed E-state index contributed by atoms with van der Waals surface area (Å²) in [4.78, 5) is 16.7. The number of methoxy groups -OCH3 is 1. The van der Waals surface area contributed by atoms with E-state index in [1.807, 2.05) is 6.92 Å². The van der Waals surface area contributed by atoms with Crippen LogP contribution in [0.4, 0.5) is 0 Å². The molecule has 0 saturated heterocycles. The number of thiazole rings is 1. The molecule has 0 aliphatic carbocycles. The van der Waals surface area contributed by atoms with Gasteiger partial charge in [-0.3, -0.25) is 4.79 Å². The first-order valence-electron chi connectivity index (χ1n) is 6.95. The Labute approximate surface area is 139 Å². The van der Waals surface area contributed by atoms with Gasteiger partial charge in [-0.1, -0.05) is 6.92 Å². The molecular weight excluding hydrogens is 336 g/mol. The molecule has 0 unspecified atom stereocenters. The monoisotopic (exact) mass is 354 g/mol. The van der Waals surface area contributed by atoms with Crippen molar-refractivity contribution in [2.24, 2.45) is 0 Å². The minimum Gasteiger partial charge on any atom is -0.496 e. The molecule has 6 nitrogen and oxygen atoms in total. The molecule has 0 aliphatic rings. The third-order valence-electron chi connectivity index (χ3n) is 3.61. The number of aromatic nitrogens is 1. The molecule has 1 heterocycles.